The van der Waals surface area contributed by atoms with E-state index in [2.05, 4.69) is 4.98 Å². The van der Waals surface area contributed by atoms with E-state index in [9.17, 15) is 9.90 Å². The van der Waals surface area contributed by atoms with Gasteiger partial charge in [0.1, 0.15) is 23.4 Å². The third-order valence-corrected chi connectivity index (χ3v) is 4.37. The van der Waals surface area contributed by atoms with Crippen molar-refractivity contribution in [2.45, 2.75) is 19.6 Å². The number of benzene rings is 1. The van der Waals surface area contributed by atoms with Gasteiger partial charge in [-0.15, -0.1) is 0 Å². The van der Waals surface area contributed by atoms with Gasteiger partial charge in [0.2, 0.25) is 0 Å². The maximum Gasteiger partial charge on any atom is 0.339 e. The highest BCUT2D eigenvalue weighted by molar-refractivity contribution is 5.89. The summed E-state index contributed by atoms with van der Waals surface area (Å²) in [6.07, 6.45) is 0.744. The first-order chi connectivity index (χ1) is 12.6. The van der Waals surface area contributed by atoms with E-state index in [4.69, 9.17) is 14.2 Å². The molecule has 1 aliphatic heterocycles. The van der Waals surface area contributed by atoms with Gasteiger partial charge >= 0.3 is 5.97 Å². The van der Waals surface area contributed by atoms with Crippen molar-refractivity contribution in [2.24, 2.45) is 0 Å². The summed E-state index contributed by atoms with van der Waals surface area (Å²) in [7, 11) is 3.18. The summed E-state index contributed by atoms with van der Waals surface area (Å²) < 4.78 is 15.8. The highest BCUT2D eigenvalue weighted by Gasteiger charge is 2.30. The van der Waals surface area contributed by atoms with Crippen LogP contribution in [0.4, 0.5) is 5.82 Å². The maximum absolute atomic E-state index is 11.8. The highest BCUT2D eigenvalue weighted by atomic mass is 16.5. The first-order valence-electron chi connectivity index (χ1n) is 8.39. The average molecular weight is 358 g/mol. The lowest BCUT2D eigenvalue weighted by Gasteiger charge is -2.34. The zero-order valence-electron chi connectivity index (χ0n) is 15.1. The van der Waals surface area contributed by atoms with Gasteiger partial charge in [-0.05, 0) is 31.2 Å². The Bertz CT molecular complexity index is 791. The highest BCUT2D eigenvalue weighted by Crippen LogP contribution is 2.40. The van der Waals surface area contributed by atoms with E-state index in [1.165, 1.54) is 6.20 Å². The van der Waals surface area contributed by atoms with Crippen LogP contribution in [0.2, 0.25) is 0 Å². The first kappa shape index (κ1) is 18.0. The quantitative estimate of drug-likeness (QED) is 0.822. The van der Waals surface area contributed by atoms with Crippen molar-refractivity contribution < 1.29 is 24.1 Å². The molecule has 1 aromatic heterocycles. The molecule has 26 heavy (non-hydrogen) atoms. The molecule has 2 aromatic rings. The molecule has 138 valence electrons. The fourth-order valence-corrected chi connectivity index (χ4v) is 3.16. The Morgan fingerprint density at radius 1 is 1.23 bits per heavy atom. The third kappa shape index (κ3) is 3.30. The number of aliphatic hydroxyl groups is 1. The van der Waals surface area contributed by atoms with Gasteiger partial charge in [-0.1, -0.05) is 0 Å². The lowest BCUT2D eigenvalue weighted by molar-refractivity contribution is 0.0526. The first-order valence-corrected chi connectivity index (χ1v) is 8.39. The summed E-state index contributed by atoms with van der Waals surface area (Å²) in [6, 6.07) is 7.04. The van der Waals surface area contributed by atoms with E-state index in [0.717, 1.165) is 11.1 Å². The lowest BCUT2D eigenvalue weighted by Crippen LogP contribution is -2.34. The molecule has 0 saturated heterocycles. The minimum Gasteiger partial charge on any atom is -0.496 e. The van der Waals surface area contributed by atoms with Crippen molar-refractivity contribution in [3.05, 3.63) is 47.2 Å². The van der Waals surface area contributed by atoms with E-state index in [1.54, 1.807) is 39.3 Å². The molecule has 7 nitrogen and oxygen atoms in total. The van der Waals surface area contributed by atoms with Gasteiger partial charge in [-0.3, -0.25) is 0 Å². The van der Waals surface area contributed by atoms with Crippen LogP contribution in [0.15, 0.2) is 30.5 Å². The minimum atomic E-state index is -0.740. The molecule has 1 N–H and O–H groups in total. The van der Waals surface area contributed by atoms with Gasteiger partial charge in [-0.25, -0.2) is 9.78 Å². The number of hydrogen-bond acceptors (Lipinski definition) is 7. The third-order valence-electron chi connectivity index (χ3n) is 4.37. The van der Waals surface area contributed by atoms with Crippen molar-refractivity contribution >= 4 is 11.8 Å². The molecule has 0 aliphatic carbocycles. The Hall–Kier alpha value is -2.80. The van der Waals surface area contributed by atoms with Crippen molar-refractivity contribution in [3.8, 4) is 11.5 Å². The van der Waals surface area contributed by atoms with E-state index >= 15 is 0 Å². The predicted octanol–water partition coefficient (Wildman–Crippen LogP) is 2.33. The molecule has 2 heterocycles. The van der Waals surface area contributed by atoms with Crippen LogP contribution >= 0.6 is 0 Å². The number of anilines is 1. The minimum absolute atomic E-state index is 0.317. The van der Waals surface area contributed by atoms with Crippen LogP contribution in [0.25, 0.3) is 0 Å². The summed E-state index contributed by atoms with van der Waals surface area (Å²) in [4.78, 5) is 18.0. The number of carbonyl (C=O) groups excluding carboxylic acids is 1. The number of methoxy groups -OCH3 is 2. The van der Waals surface area contributed by atoms with E-state index in [-0.39, 0.29) is 0 Å². The van der Waals surface area contributed by atoms with E-state index in [1.807, 2.05) is 11.0 Å². The standard InChI is InChI=1S/C19H22N2O5/c1-4-26-19(23)12-5-8-17(20-9-12)21-10-13-15(24-2)6-7-16(25-3)18(13)14(22)11-21/h5-9,14,22H,4,10-11H2,1-3H3. The Balaban J connectivity index is 1.90. The number of aromatic nitrogens is 1. The average Bonchev–Trinajstić information content (AvgIpc) is 2.67. The van der Waals surface area contributed by atoms with Gasteiger partial charge in [0.15, 0.2) is 0 Å². The van der Waals surface area contributed by atoms with Crippen LogP contribution in [-0.2, 0) is 11.3 Å². The monoisotopic (exact) mass is 358 g/mol. The topological polar surface area (TPSA) is 81.1 Å². The van der Waals surface area contributed by atoms with Gasteiger partial charge in [0.25, 0.3) is 0 Å². The molecule has 1 aliphatic rings. The second kappa shape index (κ2) is 7.61. The van der Waals surface area contributed by atoms with Crippen LogP contribution in [0.3, 0.4) is 0 Å². The molecule has 0 radical (unpaired) electrons. The number of nitrogens with zero attached hydrogens (tertiary/aromatic N) is 2. The Morgan fingerprint density at radius 2 is 1.96 bits per heavy atom. The molecule has 1 atom stereocenters. The Kier molecular flexibility index (Phi) is 5.27. The molecule has 3 rings (SSSR count). The molecule has 1 aromatic carbocycles. The van der Waals surface area contributed by atoms with Crippen LogP contribution in [0.1, 0.15) is 34.5 Å². The smallest absolute Gasteiger partial charge is 0.339 e. The van der Waals surface area contributed by atoms with Crippen molar-refractivity contribution in [3.63, 3.8) is 0 Å². The van der Waals surface area contributed by atoms with Crippen molar-refractivity contribution in [1.82, 2.24) is 4.98 Å². The number of rotatable bonds is 5. The van der Waals surface area contributed by atoms with Crippen LogP contribution in [0, 0.1) is 0 Å². The molecule has 0 amide bonds. The summed E-state index contributed by atoms with van der Waals surface area (Å²) in [5.41, 5.74) is 2.00. The predicted molar refractivity (Wildman–Crippen MR) is 95.7 cm³/mol. The Morgan fingerprint density at radius 3 is 2.58 bits per heavy atom. The normalized spacial score (nSPS) is 16.0. The number of carbonyl (C=O) groups is 1. The van der Waals surface area contributed by atoms with Gasteiger partial charge in [0, 0.05) is 23.9 Å². The maximum atomic E-state index is 11.8. The van der Waals surface area contributed by atoms with Gasteiger partial charge in [0.05, 0.1) is 32.9 Å². The number of hydrogen-bond donors (Lipinski definition) is 1. The fourth-order valence-electron chi connectivity index (χ4n) is 3.16. The molecular formula is C19H22N2O5. The number of pyridine rings is 1. The summed E-state index contributed by atoms with van der Waals surface area (Å²) in [5, 5.41) is 10.7. The van der Waals surface area contributed by atoms with Gasteiger partial charge in [-0.2, -0.15) is 0 Å². The summed E-state index contributed by atoms with van der Waals surface area (Å²) in [6.45, 7) is 2.95. The SMILES string of the molecule is CCOC(=O)c1ccc(N2Cc3c(OC)ccc(OC)c3C(O)C2)nc1. The molecule has 0 fully saturated rings. The van der Waals surface area contributed by atoms with Crippen LogP contribution < -0.4 is 14.4 Å². The second-order valence-electron chi connectivity index (χ2n) is 5.88. The fraction of sp³-hybridized carbons (Fsp3) is 0.368. The summed E-state index contributed by atoms with van der Waals surface area (Å²) >= 11 is 0. The molecule has 7 heteroatoms. The van der Waals surface area contributed by atoms with Crippen LogP contribution in [0.5, 0.6) is 11.5 Å². The molecular weight excluding hydrogens is 336 g/mol. The molecule has 0 spiro atoms. The van der Waals surface area contributed by atoms with Crippen molar-refractivity contribution in [1.29, 1.82) is 0 Å². The zero-order chi connectivity index (χ0) is 18.7. The van der Waals surface area contributed by atoms with E-state index < -0.39 is 12.1 Å². The molecule has 0 bridgehead atoms. The van der Waals surface area contributed by atoms with E-state index in [0.29, 0.717) is 42.6 Å². The zero-order valence-corrected chi connectivity index (χ0v) is 15.1. The Labute approximate surface area is 152 Å². The second-order valence-corrected chi connectivity index (χ2v) is 5.88. The number of ether oxygens (including phenoxy) is 3. The lowest BCUT2D eigenvalue weighted by atomic mass is 9.95. The van der Waals surface area contributed by atoms with Gasteiger partial charge < -0.3 is 24.2 Å². The molecule has 0 saturated carbocycles. The largest absolute Gasteiger partial charge is 0.496 e. The number of β-amino-alcohol motifs (C(OH)–C–C–N with tert-alkyl or cyclic N) is 1. The van der Waals surface area contributed by atoms with Crippen LogP contribution in [-0.4, -0.2) is 43.4 Å². The number of esters is 1. The molecule has 1 unspecified atom stereocenters. The van der Waals surface area contributed by atoms with Crippen molar-refractivity contribution in [2.75, 3.05) is 32.3 Å². The summed E-state index contributed by atoms with van der Waals surface area (Å²) in [5.74, 6) is 1.58. The number of fused-ring (bicyclic) bond motifs is 1. The number of aliphatic hydroxyl groups excluding tert-OH is 1.